The van der Waals surface area contributed by atoms with Crippen LogP contribution in [0.3, 0.4) is 0 Å². The molecular formula is C48H45N9O14S. The van der Waals surface area contributed by atoms with Crippen LogP contribution in [0.15, 0.2) is 87.2 Å². The molecule has 3 aliphatic heterocycles. The van der Waals surface area contributed by atoms with Gasteiger partial charge in [-0.3, -0.25) is 28.8 Å². The molecule has 0 unspecified atom stereocenters. The highest BCUT2D eigenvalue weighted by atomic mass is 32.2. The third kappa shape index (κ3) is 9.80. The first-order chi connectivity index (χ1) is 34.5. The minimum absolute atomic E-state index is 0.00850. The van der Waals surface area contributed by atoms with E-state index in [-0.39, 0.29) is 60.9 Å². The summed E-state index contributed by atoms with van der Waals surface area (Å²) in [4.78, 5) is 96.4. The summed E-state index contributed by atoms with van der Waals surface area (Å²) < 4.78 is 46.7. The van der Waals surface area contributed by atoms with Crippen molar-refractivity contribution in [1.82, 2.24) is 41.0 Å². The van der Waals surface area contributed by atoms with Crippen LogP contribution >= 0.6 is 0 Å². The lowest BCUT2D eigenvalue weighted by atomic mass is 9.86. The molecule has 3 aromatic carbocycles. The van der Waals surface area contributed by atoms with Crippen LogP contribution in [0.4, 0.5) is 5.69 Å². The molecule has 9 rings (SSSR count). The van der Waals surface area contributed by atoms with E-state index in [0.717, 1.165) is 17.4 Å². The van der Waals surface area contributed by atoms with Gasteiger partial charge in [0.15, 0.2) is 18.0 Å². The Morgan fingerprint density at radius 1 is 0.861 bits per heavy atom. The van der Waals surface area contributed by atoms with E-state index < -0.39 is 88.4 Å². The van der Waals surface area contributed by atoms with Gasteiger partial charge in [-0.25, -0.2) is 18.2 Å². The quantitative estimate of drug-likeness (QED) is 0.0679. The molecule has 6 aromatic rings. The molecule has 5 amide bonds. The Hall–Kier alpha value is -8.51. The van der Waals surface area contributed by atoms with Crippen LogP contribution in [0.1, 0.15) is 41.2 Å². The molecule has 0 saturated carbocycles. The molecule has 6 heterocycles. The average molecular weight is 1000 g/mol. The summed E-state index contributed by atoms with van der Waals surface area (Å²) in [6.07, 6.45) is 1.46. The fourth-order valence-corrected chi connectivity index (χ4v) is 9.01. The van der Waals surface area contributed by atoms with Gasteiger partial charge in [-0.1, -0.05) is 42.4 Å². The Morgan fingerprint density at radius 2 is 1.60 bits per heavy atom. The number of sulfone groups is 1. The van der Waals surface area contributed by atoms with E-state index >= 15 is 0 Å². The number of anilines is 1. The van der Waals surface area contributed by atoms with Crippen molar-refractivity contribution in [2.75, 3.05) is 44.4 Å². The molecule has 372 valence electrons. The normalized spacial score (nSPS) is 15.7. The summed E-state index contributed by atoms with van der Waals surface area (Å²) >= 11 is 0. The van der Waals surface area contributed by atoms with Gasteiger partial charge in [-0.05, 0) is 60.0 Å². The predicted octanol–water partition coefficient (Wildman–Crippen LogP) is 0.562. The Labute approximate surface area is 408 Å². The van der Waals surface area contributed by atoms with Crippen molar-refractivity contribution < 1.29 is 60.9 Å². The molecule has 3 aromatic heterocycles. The lowest BCUT2D eigenvalue weighted by molar-refractivity contribution is -0.172. The topological polar surface area (TPSA) is 318 Å². The molecule has 0 radical (unpaired) electrons. The number of pyridine rings is 2. The van der Waals surface area contributed by atoms with E-state index in [0.29, 0.717) is 51.3 Å². The number of nitrogens with one attached hydrogen (secondary N) is 5. The van der Waals surface area contributed by atoms with Crippen molar-refractivity contribution in [2.24, 2.45) is 0 Å². The van der Waals surface area contributed by atoms with Crippen LogP contribution in [0.2, 0.25) is 0 Å². The highest BCUT2D eigenvalue weighted by Gasteiger charge is 2.45. The molecule has 0 fully saturated rings. The Balaban J connectivity index is 0.785. The Kier molecular flexibility index (Phi) is 13.3. The SMILES string of the molecule is CC[C@@]1(O)C(=O)OCc2c1cc1n(c2=O)Cc2c-1nc1ccc(NC(=O)CNC(=O)[C@H](Cc3ccccc3)NC(=O)CNC(=O)CNC(=O)COc3ccc(-c4nnc(S(C)(=O)=O)o4)cc3)c3c1c2CCO3. The standard InChI is InChI=1S/C48H45N9O14S/c1-3-48(65)31-18-35-41-29(22-57(35)45(63)30(31)23-70-46(48)64)28-15-16-68-42-33(14-13-32(54-41)40(28)42)52-38(60)21-51-43(62)34(17-25-7-5-4-6-8-25)53-37(59)20-49-36(58)19-50-39(61)24-69-27-11-9-26(10-12-27)44-55-56-47(71-44)72(2,66)67/h4-14,18,34,65H,3,15-17,19-24H2,1-2H3,(H,49,58)(H,50,61)(H,51,62)(H,52,60)(H,53,59)/t34-,48-/m0/s1. The average Bonchev–Trinajstić information content (AvgIpc) is 4.03. The van der Waals surface area contributed by atoms with E-state index in [1.165, 1.54) is 24.3 Å². The van der Waals surface area contributed by atoms with Gasteiger partial charge in [0.2, 0.25) is 39.4 Å². The summed E-state index contributed by atoms with van der Waals surface area (Å²) in [6.45, 7) is -0.192. The third-order valence-electron chi connectivity index (χ3n) is 12.2. The minimum atomic E-state index is -3.68. The van der Waals surface area contributed by atoms with Crippen molar-refractivity contribution in [3.63, 3.8) is 0 Å². The first kappa shape index (κ1) is 48.5. The predicted molar refractivity (Wildman–Crippen MR) is 252 cm³/mol. The maximum atomic E-state index is 13.8. The van der Waals surface area contributed by atoms with Crippen molar-refractivity contribution in [3.8, 4) is 34.3 Å². The molecule has 0 aliphatic carbocycles. The summed E-state index contributed by atoms with van der Waals surface area (Å²) in [6, 6.07) is 18.6. The van der Waals surface area contributed by atoms with Crippen molar-refractivity contribution in [3.05, 3.63) is 111 Å². The number of benzene rings is 3. The van der Waals surface area contributed by atoms with Crippen LogP contribution in [0.5, 0.6) is 11.5 Å². The fourth-order valence-electron chi connectivity index (χ4n) is 8.59. The second-order valence-corrected chi connectivity index (χ2v) is 18.9. The van der Waals surface area contributed by atoms with E-state index in [4.69, 9.17) is 23.6 Å². The molecular weight excluding hydrogens is 959 g/mol. The van der Waals surface area contributed by atoms with E-state index in [2.05, 4.69) is 36.8 Å². The zero-order valence-electron chi connectivity index (χ0n) is 38.5. The number of carbonyl (C=O) groups is 6. The third-order valence-corrected chi connectivity index (χ3v) is 13.0. The van der Waals surface area contributed by atoms with E-state index in [1.54, 1.807) is 60.0 Å². The fraction of sp³-hybridized carbons (Fsp3) is 0.292. The van der Waals surface area contributed by atoms with Gasteiger partial charge in [-0.2, -0.15) is 0 Å². The maximum Gasteiger partial charge on any atom is 0.343 e. The summed E-state index contributed by atoms with van der Waals surface area (Å²) in [7, 11) is -3.68. The first-order valence-corrected chi connectivity index (χ1v) is 24.4. The number of cyclic esters (lactones) is 1. The van der Waals surface area contributed by atoms with Gasteiger partial charge in [0, 0.05) is 41.2 Å². The zero-order valence-corrected chi connectivity index (χ0v) is 39.3. The van der Waals surface area contributed by atoms with Crippen molar-refractivity contribution in [2.45, 2.75) is 56.2 Å². The van der Waals surface area contributed by atoms with Gasteiger partial charge in [-0.15, -0.1) is 5.10 Å². The van der Waals surface area contributed by atoms with Crippen LogP contribution < -0.4 is 41.6 Å². The number of aromatic nitrogens is 4. The Morgan fingerprint density at radius 3 is 2.33 bits per heavy atom. The molecule has 3 aliphatic rings. The first-order valence-electron chi connectivity index (χ1n) is 22.5. The van der Waals surface area contributed by atoms with Crippen molar-refractivity contribution >= 4 is 61.9 Å². The lowest BCUT2D eigenvalue weighted by Crippen LogP contribution is -2.52. The molecule has 72 heavy (non-hydrogen) atoms. The van der Waals surface area contributed by atoms with E-state index in [9.17, 15) is 47.1 Å². The monoisotopic (exact) mass is 1000 g/mol. The molecule has 0 saturated heterocycles. The van der Waals surface area contributed by atoms with Crippen LogP contribution in [-0.4, -0.2) is 114 Å². The summed E-state index contributed by atoms with van der Waals surface area (Å²) in [5, 5.41) is 31.3. The number of esters is 1. The number of rotatable bonds is 17. The largest absolute Gasteiger partial charge is 0.490 e. The number of carbonyl (C=O) groups excluding carboxylic acids is 6. The molecule has 2 atom stereocenters. The number of ether oxygens (including phenoxy) is 3. The highest BCUT2D eigenvalue weighted by molar-refractivity contribution is 7.90. The summed E-state index contributed by atoms with van der Waals surface area (Å²) in [5.74, 6) is -3.60. The number of amides is 5. The number of aliphatic hydroxyl groups is 1. The lowest BCUT2D eigenvalue weighted by Gasteiger charge is -2.31. The second kappa shape index (κ2) is 19.7. The van der Waals surface area contributed by atoms with Gasteiger partial charge in [0.05, 0.1) is 60.9 Å². The van der Waals surface area contributed by atoms with Crippen LogP contribution in [0, 0.1) is 0 Å². The summed E-state index contributed by atoms with van der Waals surface area (Å²) in [5.41, 5.74) is 2.63. The highest BCUT2D eigenvalue weighted by Crippen LogP contribution is 2.45. The van der Waals surface area contributed by atoms with Crippen LogP contribution in [0.25, 0.3) is 33.7 Å². The Bertz CT molecular complexity index is 3380. The van der Waals surface area contributed by atoms with Crippen molar-refractivity contribution in [1.29, 1.82) is 0 Å². The number of fused-ring (bicyclic) bond motifs is 5. The number of hydrogen-bond acceptors (Lipinski definition) is 17. The molecule has 0 bridgehead atoms. The zero-order chi connectivity index (χ0) is 50.9. The van der Waals surface area contributed by atoms with Gasteiger partial charge in [0.1, 0.15) is 18.4 Å². The molecule has 6 N–H and O–H groups in total. The molecule has 23 nitrogen and oxygen atoms in total. The molecule has 0 spiro atoms. The van der Waals surface area contributed by atoms with Gasteiger partial charge in [0.25, 0.3) is 11.5 Å². The van der Waals surface area contributed by atoms with E-state index in [1.807, 2.05) is 0 Å². The minimum Gasteiger partial charge on any atom is -0.490 e. The maximum absolute atomic E-state index is 13.8. The second-order valence-electron chi connectivity index (χ2n) is 17.0. The van der Waals surface area contributed by atoms with Crippen LogP contribution in [-0.2, 0) is 74.9 Å². The smallest absolute Gasteiger partial charge is 0.343 e. The number of nitrogens with zero attached hydrogens (tertiary/aromatic N) is 4. The number of hydrogen-bond donors (Lipinski definition) is 6. The van der Waals surface area contributed by atoms with Gasteiger partial charge >= 0.3 is 11.2 Å². The van der Waals surface area contributed by atoms with Gasteiger partial charge < -0.3 is 54.9 Å². The molecule has 24 heteroatoms.